The standard InChI is InChI=1S/C7H3ClFN3O/c8-7(13)5-3-4(11-12-10)1-2-6(5)9/h1-3H. The fourth-order valence-corrected chi connectivity index (χ4v) is 0.923. The average Bonchev–Trinajstić information content (AvgIpc) is 2.08. The first-order chi connectivity index (χ1) is 6.15. The number of azide groups is 1. The molecular formula is C7H3ClFN3O. The normalized spacial score (nSPS) is 9.08. The molecule has 0 fully saturated rings. The predicted octanol–water partition coefficient (Wildman–Crippen LogP) is 3.15. The van der Waals surface area contributed by atoms with Crippen molar-refractivity contribution in [1.82, 2.24) is 0 Å². The van der Waals surface area contributed by atoms with E-state index >= 15 is 0 Å². The summed E-state index contributed by atoms with van der Waals surface area (Å²) in [5.41, 5.74) is 7.91. The van der Waals surface area contributed by atoms with Gasteiger partial charge in [0.2, 0.25) is 0 Å². The molecule has 1 rings (SSSR count). The zero-order valence-corrected chi connectivity index (χ0v) is 6.99. The van der Waals surface area contributed by atoms with Gasteiger partial charge in [0.25, 0.3) is 5.24 Å². The maximum atomic E-state index is 12.8. The summed E-state index contributed by atoms with van der Waals surface area (Å²) in [7, 11) is 0. The summed E-state index contributed by atoms with van der Waals surface area (Å²) in [6.07, 6.45) is 0. The van der Waals surface area contributed by atoms with E-state index in [1.807, 2.05) is 0 Å². The third-order valence-electron chi connectivity index (χ3n) is 1.32. The van der Waals surface area contributed by atoms with Crippen LogP contribution in [0.15, 0.2) is 23.3 Å². The molecule has 0 aliphatic carbocycles. The van der Waals surface area contributed by atoms with Gasteiger partial charge in [-0.15, -0.1) is 0 Å². The minimum absolute atomic E-state index is 0.146. The van der Waals surface area contributed by atoms with E-state index < -0.39 is 11.1 Å². The number of rotatable bonds is 2. The van der Waals surface area contributed by atoms with Gasteiger partial charge >= 0.3 is 0 Å². The average molecular weight is 200 g/mol. The molecule has 13 heavy (non-hydrogen) atoms. The van der Waals surface area contributed by atoms with Crippen LogP contribution in [0.3, 0.4) is 0 Å². The summed E-state index contributed by atoms with van der Waals surface area (Å²) in [5.74, 6) is -0.739. The molecule has 1 aromatic carbocycles. The lowest BCUT2D eigenvalue weighted by Gasteiger charge is -1.97. The van der Waals surface area contributed by atoms with Gasteiger partial charge in [-0.05, 0) is 35.3 Å². The highest BCUT2D eigenvalue weighted by Crippen LogP contribution is 2.18. The lowest BCUT2D eigenvalue weighted by Crippen LogP contribution is -1.92. The first-order valence-electron chi connectivity index (χ1n) is 3.19. The minimum Gasteiger partial charge on any atom is -0.275 e. The largest absolute Gasteiger partial charge is 0.275 e. The van der Waals surface area contributed by atoms with E-state index in [4.69, 9.17) is 17.1 Å². The summed E-state index contributed by atoms with van der Waals surface area (Å²) in [5, 5.41) is 2.27. The van der Waals surface area contributed by atoms with Gasteiger partial charge in [0.15, 0.2) is 0 Å². The minimum atomic E-state index is -0.924. The number of halogens is 2. The van der Waals surface area contributed by atoms with E-state index in [0.29, 0.717) is 0 Å². The smallest absolute Gasteiger partial charge is 0.255 e. The maximum absolute atomic E-state index is 12.8. The Labute approximate surface area is 77.6 Å². The van der Waals surface area contributed by atoms with Gasteiger partial charge in [0, 0.05) is 10.6 Å². The molecule has 0 unspecified atom stereocenters. The van der Waals surface area contributed by atoms with Gasteiger partial charge in [-0.2, -0.15) is 0 Å². The molecule has 0 radical (unpaired) electrons. The molecule has 66 valence electrons. The monoisotopic (exact) mass is 199 g/mol. The Morgan fingerprint density at radius 1 is 1.62 bits per heavy atom. The van der Waals surface area contributed by atoms with Crippen molar-refractivity contribution in [3.05, 3.63) is 40.0 Å². The molecule has 0 atom stereocenters. The van der Waals surface area contributed by atoms with Crippen LogP contribution < -0.4 is 0 Å². The third-order valence-corrected chi connectivity index (χ3v) is 1.53. The molecule has 0 aliphatic heterocycles. The third kappa shape index (κ3) is 2.18. The zero-order valence-electron chi connectivity index (χ0n) is 6.24. The molecule has 0 aliphatic rings. The van der Waals surface area contributed by atoms with Crippen LogP contribution in [0.4, 0.5) is 10.1 Å². The molecule has 0 saturated carbocycles. The highest BCUT2D eigenvalue weighted by molar-refractivity contribution is 6.67. The first kappa shape index (κ1) is 9.51. The molecule has 0 heterocycles. The molecule has 0 bridgehead atoms. The van der Waals surface area contributed by atoms with E-state index in [9.17, 15) is 9.18 Å². The van der Waals surface area contributed by atoms with Crippen molar-refractivity contribution < 1.29 is 9.18 Å². The van der Waals surface area contributed by atoms with Crippen molar-refractivity contribution in [2.24, 2.45) is 5.11 Å². The van der Waals surface area contributed by atoms with Gasteiger partial charge in [-0.25, -0.2) is 4.39 Å². The molecular weight excluding hydrogens is 197 g/mol. The summed E-state index contributed by atoms with van der Waals surface area (Å²) in [4.78, 5) is 13.1. The maximum Gasteiger partial charge on any atom is 0.255 e. The quantitative estimate of drug-likeness (QED) is 0.312. The lowest BCUT2D eigenvalue weighted by molar-refractivity contribution is 0.107. The number of carbonyl (C=O) groups is 1. The highest BCUT2D eigenvalue weighted by Gasteiger charge is 2.08. The first-order valence-corrected chi connectivity index (χ1v) is 3.57. The van der Waals surface area contributed by atoms with Crippen LogP contribution in [0.2, 0.25) is 0 Å². The summed E-state index contributed by atoms with van der Waals surface area (Å²) in [6.45, 7) is 0. The van der Waals surface area contributed by atoms with Gasteiger partial charge < -0.3 is 0 Å². The van der Waals surface area contributed by atoms with Crippen molar-refractivity contribution >= 4 is 22.5 Å². The summed E-state index contributed by atoms with van der Waals surface area (Å²) < 4.78 is 12.8. The van der Waals surface area contributed by atoms with Crippen molar-refractivity contribution in [2.75, 3.05) is 0 Å². The van der Waals surface area contributed by atoms with Gasteiger partial charge in [0.1, 0.15) is 5.82 Å². The lowest BCUT2D eigenvalue weighted by atomic mass is 10.2. The second-order valence-corrected chi connectivity index (χ2v) is 2.47. The Morgan fingerprint density at radius 3 is 2.85 bits per heavy atom. The van der Waals surface area contributed by atoms with Crippen LogP contribution in [0.1, 0.15) is 10.4 Å². The predicted molar refractivity (Wildman–Crippen MR) is 45.4 cm³/mol. The number of hydrogen-bond donors (Lipinski definition) is 0. The SMILES string of the molecule is [N-]=[N+]=Nc1ccc(F)c(C(=O)Cl)c1. The van der Waals surface area contributed by atoms with Crippen LogP contribution >= 0.6 is 11.6 Å². The second kappa shape index (κ2) is 3.89. The Morgan fingerprint density at radius 2 is 2.31 bits per heavy atom. The van der Waals surface area contributed by atoms with Crippen LogP contribution in [0.5, 0.6) is 0 Å². The van der Waals surface area contributed by atoms with Crippen LogP contribution in [-0.2, 0) is 0 Å². The van der Waals surface area contributed by atoms with Crippen molar-refractivity contribution in [2.45, 2.75) is 0 Å². The van der Waals surface area contributed by atoms with Crippen molar-refractivity contribution in [3.63, 3.8) is 0 Å². The Balaban J connectivity index is 3.26. The van der Waals surface area contributed by atoms with E-state index in [-0.39, 0.29) is 11.3 Å². The molecule has 0 saturated heterocycles. The number of nitrogens with zero attached hydrogens (tertiary/aromatic N) is 3. The Kier molecular flexibility index (Phi) is 2.84. The summed E-state index contributed by atoms with van der Waals surface area (Å²) >= 11 is 5.07. The summed E-state index contributed by atoms with van der Waals surface area (Å²) in [6, 6.07) is 3.35. The van der Waals surface area contributed by atoms with Gasteiger partial charge in [-0.1, -0.05) is 5.11 Å². The Hall–Kier alpha value is -1.58. The van der Waals surface area contributed by atoms with Gasteiger partial charge in [0.05, 0.1) is 5.56 Å². The molecule has 0 N–H and O–H groups in total. The van der Waals surface area contributed by atoms with E-state index in [0.717, 1.165) is 12.1 Å². The van der Waals surface area contributed by atoms with Crippen LogP contribution in [0, 0.1) is 5.82 Å². The fraction of sp³-hybridized carbons (Fsp3) is 0. The zero-order chi connectivity index (χ0) is 9.84. The van der Waals surface area contributed by atoms with Crippen molar-refractivity contribution in [1.29, 1.82) is 0 Å². The Bertz CT molecular complexity index is 401. The second-order valence-electron chi connectivity index (χ2n) is 2.13. The molecule has 0 aromatic heterocycles. The van der Waals surface area contributed by atoms with Crippen molar-refractivity contribution in [3.8, 4) is 0 Å². The molecule has 0 spiro atoms. The topological polar surface area (TPSA) is 65.8 Å². The number of hydrogen-bond acceptors (Lipinski definition) is 2. The van der Waals surface area contributed by atoms with Crippen LogP contribution in [0.25, 0.3) is 10.4 Å². The van der Waals surface area contributed by atoms with E-state index in [1.165, 1.54) is 6.07 Å². The molecule has 6 heteroatoms. The van der Waals surface area contributed by atoms with E-state index in [2.05, 4.69) is 10.0 Å². The van der Waals surface area contributed by atoms with E-state index in [1.54, 1.807) is 0 Å². The fourth-order valence-electron chi connectivity index (χ4n) is 0.778. The molecule has 4 nitrogen and oxygen atoms in total. The molecule has 0 amide bonds. The number of benzene rings is 1. The van der Waals surface area contributed by atoms with Gasteiger partial charge in [-0.3, -0.25) is 4.79 Å². The molecule has 1 aromatic rings. The van der Waals surface area contributed by atoms with Crippen LogP contribution in [-0.4, -0.2) is 5.24 Å². The highest BCUT2D eigenvalue weighted by atomic mass is 35.5. The number of carbonyl (C=O) groups excluding carboxylic acids is 1.